The Balaban J connectivity index is 1.44. The number of nitrogens with zero attached hydrogens (tertiary/aromatic N) is 2. The van der Waals surface area contributed by atoms with Crippen LogP contribution in [0.5, 0.6) is 11.5 Å². The molecular weight excluding hydrogens is 380 g/mol. The maximum absolute atomic E-state index is 5.98. The zero-order valence-corrected chi connectivity index (χ0v) is 18.1. The fourth-order valence-corrected chi connectivity index (χ4v) is 3.27. The number of guanidine groups is 1. The molecule has 162 valence electrons. The molecule has 1 saturated heterocycles. The van der Waals surface area contributed by atoms with E-state index in [9.17, 15) is 0 Å². The molecule has 2 N–H and O–H groups in total. The monoisotopic (exact) mass is 412 g/mol. The largest absolute Gasteiger partial charge is 0.493 e. The predicted molar refractivity (Wildman–Crippen MR) is 121 cm³/mol. The summed E-state index contributed by atoms with van der Waals surface area (Å²) in [6.07, 6.45) is -0.0485. The van der Waals surface area contributed by atoms with Crippen LogP contribution in [0.4, 0.5) is 5.69 Å². The molecule has 7 nitrogen and oxygen atoms in total. The third-order valence-corrected chi connectivity index (χ3v) is 4.95. The van der Waals surface area contributed by atoms with E-state index in [4.69, 9.17) is 14.2 Å². The zero-order valence-electron chi connectivity index (χ0n) is 18.1. The van der Waals surface area contributed by atoms with E-state index in [1.807, 2.05) is 31.2 Å². The summed E-state index contributed by atoms with van der Waals surface area (Å²) < 4.78 is 16.7. The molecular formula is C23H32N4O3. The van der Waals surface area contributed by atoms with Gasteiger partial charge in [0.1, 0.15) is 6.10 Å². The van der Waals surface area contributed by atoms with Gasteiger partial charge < -0.3 is 29.7 Å². The van der Waals surface area contributed by atoms with Crippen LogP contribution in [0.1, 0.15) is 12.5 Å². The molecule has 1 aliphatic heterocycles. The standard InChI is InChI=1S/C23H32N4O3/c1-18(30-22-7-5-4-6-21(22)28-3)16-25-23(24-2)26-17-19-8-10-20(11-9-19)27-12-14-29-15-13-27/h4-11,18H,12-17H2,1-3H3,(H2,24,25,26). The summed E-state index contributed by atoms with van der Waals surface area (Å²) in [5.74, 6) is 2.20. The molecule has 0 amide bonds. The zero-order chi connectivity index (χ0) is 21.2. The number of nitrogens with one attached hydrogen (secondary N) is 2. The fraction of sp³-hybridized carbons (Fsp3) is 0.435. The van der Waals surface area contributed by atoms with Gasteiger partial charge in [0.25, 0.3) is 0 Å². The number of hydrogen-bond acceptors (Lipinski definition) is 5. The van der Waals surface area contributed by atoms with E-state index >= 15 is 0 Å². The van der Waals surface area contributed by atoms with E-state index in [0.717, 1.165) is 43.8 Å². The Morgan fingerprint density at radius 3 is 2.43 bits per heavy atom. The minimum absolute atomic E-state index is 0.0485. The number of aliphatic imine (C=N–C) groups is 1. The lowest BCUT2D eigenvalue weighted by Crippen LogP contribution is -2.41. The molecule has 0 spiro atoms. The van der Waals surface area contributed by atoms with Crippen LogP contribution in [0.25, 0.3) is 0 Å². The highest BCUT2D eigenvalue weighted by molar-refractivity contribution is 5.79. The summed E-state index contributed by atoms with van der Waals surface area (Å²) >= 11 is 0. The smallest absolute Gasteiger partial charge is 0.191 e. The van der Waals surface area contributed by atoms with Crippen LogP contribution >= 0.6 is 0 Å². The van der Waals surface area contributed by atoms with Crippen LogP contribution < -0.4 is 25.0 Å². The van der Waals surface area contributed by atoms with Crippen molar-refractivity contribution in [2.24, 2.45) is 4.99 Å². The van der Waals surface area contributed by atoms with Crippen LogP contribution in [-0.2, 0) is 11.3 Å². The number of ether oxygens (including phenoxy) is 3. The van der Waals surface area contributed by atoms with E-state index in [1.165, 1.54) is 11.3 Å². The molecule has 30 heavy (non-hydrogen) atoms. The Bertz CT molecular complexity index is 804. The number of rotatable bonds is 8. The lowest BCUT2D eigenvalue weighted by Gasteiger charge is -2.29. The first-order chi connectivity index (χ1) is 14.7. The van der Waals surface area contributed by atoms with Crippen molar-refractivity contribution < 1.29 is 14.2 Å². The lowest BCUT2D eigenvalue weighted by atomic mass is 10.2. The number of hydrogen-bond donors (Lipinski definition) is 2. The minimum atomic E-state index is -0.0485. The Kier molecular flexibility index (Phi) is 8.20. The summed E-state index contributed by atoms with van der Waals surface area (Å²) in [6, 6.07) is 16.3. The second kappa shape index (κ2) is 11.3. The molecule has 0 aromatic heterocycles. The second-order valence-electron chi connectivity index (χ2n) is 7.15. The fourth-order valence-electron chi connectivity index (χ4n) is 3.27. The van der Waals surface area contributed by atoms with Gasteiger partial charge in [-0.25, -0.2) is 0 Å². The average molecular weight is 413 g/mol. The Labute approximate surface area is 179 Å². The molecule has 0 bridgehead atoms. The highest BCUT2D eigenvalue weighted by atomic mass is 16.5. The molecule has 3 rings (SSSR count). The van der Waals surface area contributed by atoms with Gasteiger partial charge in [-0.3, -0.25) is 4.99 Å². The number of anilines is 1. The number of para-hydroxylation sites is 2. The number of morpholine rings is 1. The molecule has 0 radical (unpaired) electrons. The maximum atomic E-state index is 5.98. The first-order valence-corrected chi connectivity index (χ1v) is 10.4. The normalized spacial score (nSPS) is 15.4. The summed E-state index contributed by atoms with van der Waals surface area (Å²) in [5.41, 5.74) is 2.44. The highest BCUT2D eigenvalue weighted by Gasteiger charge is 2.11. The van der Waals surface area contributed by atoms with Gasteiger partial charge in [0.15, 0.2) is 17.5 Å². The van der Waals surface area contributed by atoms with Gasteiger partial charge in [-0.2, -0.15) is 0 Å². The van der Waals surface area contributed by atoms with Crippen molar-refractivity contribution in [3.63, 3.8) is 0 Å². The molecule has 2 aromatic rings. The average Bonchev–Trinajstić information content (AvgIpc) is 2.80. The molecule has 0 saturated carbocycles. The Hall–Kier alpha value is -2.93. The SMILES string of the molecule is CN=C(NCc1ccc(N2CCOCC2)cc1)NCC(C)Oc1ccccc1OC. The van der Waals surface area contributed by atoms with Crippen LogP contribution in [-0.4, -0.2) is 59.1 Å². The Morgan fingerprint density at radius 1 is 1.07 bits per heavy atom. The number of benzene rings is 2. The first-order valence-electron chi connectivity index (χ1n) is 10.4. The quantitative estimate of drug-likeness (QED) is 0.513. The molecule has 1 heterocycles. The van der Waals surface area contributed by atoms with Gasteiger partial charge in [0.05, 0.1) is 26.9 Å². The topological polar surface area (TPSA) is 67.4 Å². The van der Waals surface area contributed by atoms with Gasteiger partial charge in [-0.15, -0.1) is 0 Å². The van der Waals surface area contributed by atoms with E-state index < -0.39 is 0 Å². The number of methoxy groups -OCH3 is 1. The van der Waals surface area contributed by atoms with Crippen molar-refractivity contribution in [2.45, 2.75) is 19.6 Å². The maximum Gasteiger partial charge on any atom is 0.191 e. The van der Waals surface area contributed by atoms with E-state index in [0.29, 0.717) is 13.1 Å². The second-order valence-corrected chi connectivity index (χ2v) is 7.15. The molecule has 1 atom stereocenters. The van der Waals surface area contributed by atoms with Gasteiger partial charge in [-0.1, -0.05) is 24.3 Å². The van der Waals surface area contributed by atoms with Gasteiger partial charge >= 0.3 is 0 Å². The third kappa shape index (κ3) is 6.29. The first kappa shape index (κ1) is 21.8. The molecule has 1 aliphatic rings. The van der Waals surface area contributed by atoms with Crippen LogP contribution in [0.3, 0.4) is 0 Å². The third-order valence-electron chi connectivity index (χ3n) is 4.95. The van der Waals surface area contributed by atoms with Crippen molar-refractivity contribution in [2.75, 3.05) is 51.9 Å². The van der Waals surface area contributed by atoms with Crippen LogP contribution in [0, 0.1) is 0 Å². The summed E-state index contributed by atoms with van der Waals surface area (Å²) in [5, 5.41) is 6.66. The lowest BCUT2D eigenvalue weighted by molar-refractivity contribution is 0.122. The minimum Gasteiger partial charge on any atom is -0.493 e. The van der Waals surface area contributed by atoms with Crippen LogP contribution in [0.15, 0.2) is 53.5 Å². The van der Waals surface area contributed by atoms with Gasteiger partial charge in [0, 0.05) is 32.4 Å². The Morgan fingerprint density at radius 2 is 1.77 bits per heavy atom. The molecule has 1 fully saturated rings. The summed E-state index contributed by atoms with van der Waals surface area (Å²) in [6.45, 7) is 6.82. The molecule has 0 aliphatic carbocycles. The van der Waals surface area contributed by atoms with Crippen molar-refractivity contribution in [1.82, 2.24) is 10.6 Å². The van der Waals surface area contributed by atoms with E-state index in [2.05, 4.69) is 44.8 Å². The molecule has 1 unspecified atom stereocenters. The highest BCUT2D eigenvalue weighted by Crippen LogP contribution is 2.26. The van der Waals surface area contributed by atoms with Gasteiger partial charge in [-0.05, 0) is 36.8 Å². The van der Waals surface area contributed by atoms with Crippen LogP contribution in [0.2, 0.25) is 0 Å². The summed E-state index contributed by atoms with van der Waals surface area (Å²) in [4.78, 5) is 6.65. The van der Waals surface area contributed by atoms with Crippen molar-refractivity contribution in [3.05, 3.63) is 54.1 Å². The summed E-state index contributed by atoms with van der Waals surface area (Å²) in [7, 11) is 3.41. The molecule has 7 heteroatoms. The van der Waals surface area contributed by atoms with Crippen molar-refractivity contribution in [3.8, 4) is 11.5 Å². The predicted octanol–water partition coefficient (Wildman–Crippen LogP) is 2.66. The van der Waals surface area contributed by atoms with Crippen molar-refractivity contribution >= 4 is 11.6 Å². The van der Waals surface area contributed by atoms with Gasteiger partial charge in [0.2, 0.25) is 0 Å². The van der Waals surface area contributed by atoms with E-state index in [1.54, 1.807) is 14.2 Å². The van der Waals surface area contributed by atoms with E-state index in [-0.39, 0.29) is 6.10 Å². The van der Waals surface area contributed by atoms with Crippen molar-refractivity contribution in [1.29, 1.82) is 0 Å². The molecule has 2 aromatic carbocycles.